The smallest absolute Gasteiger partial charge is 0.269 e. The molecule has 3 rings (SSSR count). The Morgan fingerprint density at radius 3 is 2.62 bits per heavy atom. The SMILES string of the molecule is O=C(COc1ccc([N+](=O)[O-])cc1)NCC(c1ccco1)N1CCCC1. The summed E-state index contributed by atoms with van der Waals surface area (Å²) in [6, 6.07) is 9.40. The van der Waals surface area contributed by atoms with Crippen LogP contribution in [-0.4, -0.2) is 42.0 Å². The van der Waals surface area contributed by atoms with Crippen LogP contribution in [0.15, 0.2) is 47.1 Å². The number of hydrogen-bond acceptors (Lipinski definition) is 6. The molecule has 1 aliphatic heterocycles. The highest BCUT2D eigenvalue weighted by Crippen LogP contribution is 2.24. The summed E-state index contributed by atoms with van der Waals surface area (Å²) in [6.45, 7) is 2.26. The van der Waals surface area contributed by atoms with Crippen LogP contribution in [0.3, 0.4) is 0 Å². The van der Waals surface area contributed by atoms with Gasteiger partial charge in [-0.3, -0.25) is 19.8 Å². The molecule has 1 N–H and O–H groups in total. The van der Waals surface area contributed by atoms with Crippen LogP contribution in [-0.2, 0) is 4.79 Å². The van der Waals surface area contributed by atoms with E-state index in [1.807, 2.05) is 12.1 Å². The summed E-state index contributed by atoms with van der Waals surface area (Å²) in [6.07, 6.45) is 3.93. The number of amides is 1. The van der Waals surface area contributed by atoms with Crippen LogP contribution in [0.5, 0.6) is 5.75 Å². The van der Waals surface area contributed by atoms with E-state index < -0.39 is 4.92 Å². The lowest BCUT2D eigenvalue weighted by molar-refractivity contribution is -0.384. The third kappa shape index (κ3) is 4.60. The molecule has 0 saturated carbocycles. The molecule has 0 aliphatic carbocycles. The van der Waals surface area contributed by atoms with Crippen LogP contribution < -0.4 is 10.1 Å². The highest BCUT2D eigenvalue weighted by atomic mass is 16.6. The first-order valence-corrected chi connectivity index (χ1v) is 8.55. The molecule has 1 aromatic carbocycles. The predicted molar refractivity (Wildman–Crippen MR) is 93.9 cm³/mol. The third-order valence-electron chi connectivity index (χ3n) is 4.36. The fourth-order valence-corrected chi connectivity index (χ4v) is 3.02. The zero-order valence-corrected chi connectivity index (χ0v) is 14.3. The van der Waals surface area contributed by atoms with Crippen LogP contribution in [0.4, 0.5) is 5.69 Å². The fraction of sp³-hybridized carbons (Fsp3) is 0.389. The van der Waals surface area contributed by atoms with Gasteiger partial charge in [0, 0.05) is 18.7 Å². The van der Waals surface area contributed by atoms with E-state index in [9.17, 15) is 14.9 Å². The Morgan fingerprint density at radius 2 is 2.00 bits per heavy atom. The zero-order chi connectivity index (χ0) is 18.4. The summed E-state index contributed by atoms with van der Waals surface area (Å²) < 4.78 is 10.9. The predicted octanol–water partition coefficient (Wildman–Crippen LogP) is 2.52. The van der Waals surface area contributed by atoms with E-state index in [1.54, 1.807) is 6.26 Å². The number of non-ortho nitro benzene ring substituents is 1. The molecular weight excluding hydrogens is 338 g/mol. The van der Waals surface area contributed by atoms with Crippen molar-refractivity contribution in [3.05, 3.63) is 58.5 Å². The summed E-state index contributed by atoms with van der Waals surface area (Å²) in [5.41, 5.74) is -0.0197. The fourth-order valence-electron chi connectivity index (χ4n) is 3.02. The highest BCUT2D eigenvalue weighted by molar-refractivity contribution is 5.77. The Morgan fingerprint density at radius 1 is 1.27 bits per heavy atom. The lowest BCUT2D eigenvalue weighted by Crippen LogP contribution is -2.38. The molecule has 8 nitrogen and oxygen atoms in total. The lowest BCUT2D eigenvalue weighted by atomic mass is 10.2. The summed E-state index contributed by atoms with van der Waals surface area (Å²) >= 11 is 0. The van der Waals surface area contributed by atoms with E-state index in [1.165, 1.54) is 24.3 Å². The number of rotatable bonds is 8. The summed E-state index contributed by atoms with van der Waals surface area (Å²) in [5.74, 6) is 0.996. The average molecular weight is 359 g/mol. The van der Waals surface area contributed by atoms with Crippen molar-refractivity contribution in [2.45, 2.75) is 18.9 Å². The quantitative estimate of drug-likeness (QED) is 0.574. The minimum Gasteiger partial charge on any atom is -0.484 e. The number of furan rings is 1. The minimum atomic E-state index is -0.483. The monoisotopic (exact) mass is 359 g/mol. The van der Waals surface area contributed by atoms with Gasteiger partial charge in [-0.25, -0.2) is 0 Å². The number of benzene rings is 1. The van der Waals surface area contributed by atoms with E-state index in [0.29, 0.717) is 12.3 Å². The first-order chi connectivity index (χ1) is 12.6. The van der Waals surface area contributed by atoms with Crippen LogP contribution in [0.2, 0.25) is 0 Å². The van der Waals surface area contributed by atoms with Crippen molar-refractivity contribution in [1.29, 1.82) is 0 Å². The zero-order valence-electron chi connectivity index (χ0n) is 14.3. The second-order valence-corrected chi connectivity index (χ2v) is 6.12. The maximum atomic E-state index is 12.1. The second-order valence-electron chi connectivity index (χ2n) is 6.12. The van der Waals surface area contributed by atoms with E-state index in [2.05, 4.69) is 10.2 Å². The molecule has 1 unspecified atom stereocenters. The molecule has 1 aliphatic rings. The normalized spacial score (nSPS) is 15.5. The Hall–Kier alpha value is -2.87. The molecule has 0 radical (unpaired) electrons. The molecule has 26 heavy (non-hydrogen) atoms. The maximum absolute atomic E-state index is 12.1. The van der Waals surface area contributed by atoms with Gasteiger partial charge >= 0.3 is 0 Å². The van der Waals surface area contributed by atoms with Crippen molar-refractivity contribution in [1.82, 2.24) is 10.2 Å². The Bertz CT molecular complexity index is 724. The molecule has 1 atom stereocenters. The third-order valence-corrected chi connectivity index (χ3v) is 4.36. The molecular formula is C18H21N3O5. The van der Waals surface area contributed by atoms with E-state index in [-0.39, 0.29) is 24.2 Å². The Labute approximate surface area is 150 Å². The summed E-state index contributed by atoms with van der Waals surface area (Å²) in [7, 11) is 0. The van der Waals surface area contributed by atoms with Crippen molar-refractivity contribution < 1.29 is 18.9 Å². The van der Waals surface area contributed by atoms with Gasteiger partial charge in [0.1, 0.15) is 11.5 Å². The number of ether oxygens (including phenoxy) is 1. The van der Waals surface area contributed by atoms with Gasteiger partial charge in [0.15, 0.2) is 6.61 Å². The van der Waals surface area contributed by atoms with Gasteiger partial charge in [0.2, 0.25) is 0 Å². The topological polar surface area (TPSA) is 97.8 Å². The maximum Gasteiger partial charge on any atom is 0.269 e. The first kappa shape index (κ1) is 17.9. The molecule has 1 amide bonds. The lowest BCUT2D eigenvalue weighted by Gasteiger charge is -2.26. The average Bonchev–Trinajstić information content (AvgIpc) is 3.35. The van der Waals surface area contributed by atoms with Crippen molar-refractivity contribution in [3.63, 3.8) is 0 Å². The number of carbonyl (C=O) groups is 1. The minimum absolute atomic E-state index is 0.0100. The summed E-state index contributed by atoms with van der Waals surface area (Å²) in [5, 5.41) is 13.5. The molecule has 0 bridgehead atoms. The van der Waals surface area contributed by atoms with Gasteiger partial charge in [-0.2, -0.15) is 0 Å². The van der Waals surface area contributed by atoms with Gasteiger partial charge in [-0.15, -0.1) is 0 Å². The molecule has 1 saturated heterocycles. The number of carbonyl (C=O) groups excluding carboxylic acids is 1. The van der Waals surface area contributed by atoms with Gasteiger partial charge in [0.25, 0.3) is 11.6 Å². The number of likely N-dealkylation sites (tertiary alicyclic amines) is 1. The molecule has 1 aromatic heterocycles. The standard InChI is InChI=1S/C18H21N3O5/c22-18(13-26-15-7-5-14(6-8-15)21(23)24)19-12-16(17-4-3-11-25-17)20-9-1-2-10-20/h3-8,11,16H,1-2,9-10,12-13H2,(H,19,22). The molecule has 2 heterocycles. The number of nitro benzene ring substituents is 1. The Kier molecular flexibility index (Phi) is 5.85. The molecule has 138 valence electrons. The van der Waals surface area contributed by atoms with Gasteiger partial charge < -0.3 is 14.5 Å². The van der Waals surface area contributed by atoms with Crippen molar-refractivity contribution in [2.75, 3.05) is 26.2 Å². The van der Waals surface area contributed by atoms with E-state index in [4.69, 9.17) is 9.15 Å². The number of hydrogen-bond donors (Lipinski definition) is 1. The van der Waals surface area contributed by atoms with Gasteiger partial charge in [0.05, 0.1) is 17.2 Å². The van der Waals surface area contributed by atoms with Crippen LogP contribution in [0, 0.1) is 10.1 Å². The van der Waals surface area contributed by atoms with Gasteiger partial charge in [-0.05, 0) is 50.2 Å². The van der Waals surface area contributed by atoms with E-state index in [0.717, 1.165) is 31.7 Å². The first-order valence-electron chi connectivity index (χ1n) is 8.55. The van der Waals surface area contributed by atoms with E-state index >= 15 is 0 Å². The Balaban J connectivity index is 1.49. The van der Waals surface area contributed by atoms with Crippen molar-refractivity contribution >= 4 is 11.6 Å². The molecule has 8 heteroatoms. The van der Waals surface area contributed by atoms with Crippen LogP contribution >= 0.6 is 0 Å². The molecule has 2 aromatic rings. The number of nitrogens with one attached hydrogen (secondary N) is 1. The largest absolute Gasteiger partial charge is 0.484 e. The van der Waals surface area contributed by atoms with Crippen molar-refractivity contribution in [2.24, 2.45) is 0 Å². The number of nitro groups is 1. The number of nitrogens with zero attached hydrogens (tertiary/aromatic N) is 2. The molecule has 0 spiro atoms. The highest BCUT2D eigenvalue weighted by Gasteiger charge is 2.25. The molecule has 1 fully saturated rings. The summed E-state index contributed by atoms with van der Waals surface area (Å²) in [4.78, 5) is 24.5. The second kappa shape index (κ2) is 8.48. The van der Waals surface area contributed by atoms with Gasteiger partial charge in [-0.1, -0.05) is 0 Å². The van der Waals surface area contributed by atoms with Crippen LogP contribution in [0.1, 0.15) is 24.6 Å². The van der Waals surface area contributed by atoms with Crippen LogP contribution in [0.25, 0.3) is 0 Å². The van der Waals surface area contributed by atoms with Crippen molar-refractivity contribution in [3.8, 4) is 5.75 Å².